The van der Waals surface area contributed by atoms with Crippen molar-refractivity contribution in [2.75, 3.05) is 12.0 Å². The van der Waals surface area contributed by atoms with Gasteiger partial charge in [0.2, 0.25) is 0 Å². The van der Waals surface area contributed by atoms with Gasteiger partial charge in [0.15, 0.2) is 8.68 Å². The highest BCUT2D eigenvalue weighted by molar-refractivity contribution is 8.02. The Morgan fingerprint density at radius 1 is 1.28 bits per heavy atom. The smallest absolute Gasteiger partial charge is 0.175 e. The van der Waals surface area contributed by atoms with Crippen LogP contribution in [0.2, 0.25) is 0 Å². The number of benzene rings is 1. The summed E-state index contributed by atoms with van der Waals surface area (Å²) in [5.74, 6) is 0.182. The molecule has 1 heterocycles. The molecule has 0 saturated heterocycles. The van der Waals surface area contributed by atoms with Gasteiger partial charge in [-0.05, 0) is 24.0 Å². The molecule has 1 aromatic carbocycles. The molecule has 0 fully saturated rings. The van der Waals surface area contributed by atoms with E-state index in [0.717, 1.165) is 8.68 Å². The molecule has 3 nitrogen and oxygen atoms in total. The van der Waals surface area contributed by atoms with E-state index in [1.165, 1.54) is 35.2 Å². The van der Waals surface area contributed by atoms with E-state index >= 15 is 0 Å². The highest BCUT2D eigenvalue weighted by atomic mass is 32.2. The average Bonchev–Trinajstić information content (AvgIpc) is 2.85. The Hall–Kier alpha value is -0.630. The molecule has 18 heavy (non-hydrogen) atoms. The Labute approximate surface area is 117 Å². The predicted molar refractivity (Wildman–Crippen MR) is 73.8 cm³/mol. The third-order valence-corrected chi connectivity index (χ3v) is 5.29. The summed E-state index contributed by atoms with van der Waals surface area (Å²) >= 11 is 4.51. The van der Waals surface area contributed by atoms with Crippen LogP contribution in [-0.2, 0) is 0 Å². The number of aromatic nitrogens is 2. The van der Waals surface area contributed by atoms with Crippen LogP contribution < -0.4 is 0 Å². The van der Waals surface area contributed by atoms with Crippen molar-refractivity contribution in [1.29, 1.82) is 0 Å². The van der Waals surface area contributed by atoms with E-state index in [9.17, 15) is 9.50 Å². The van der Waals surface area contributed by atoms with Crippen molar-refractivity contribution in [2.45, 2.75) is 14.8 Å². The minimum absolute atomic E-state index is 0.299. The SMILES string of the molecule is CSc1nnc(SC[C@H](O)c2ccc(F)cc2)s1. The van der Waals surface area contributed by atoms with Crippen LogP contribution in [0.4, 0.5) is 4.39 Å². The van der Waals surface area contributed by atoms with Crippen LogP contribution in [0.5, 0.6) is 0 Å². The first-order chi connectivity index (χ1) is 8.69. The third kappa shape index (κ3) is 3.68. The highest BCUT2D eigenvalue weighted by Crippen LogP contribution is 2.30. The van der Waals surface area contributed by atoms with Crippen LogP contribution in [0.15, 0.2) is 32.9 Å². The summed E-state index contributed by atoms with van der Waals surface area (Å²) < 4.78 is 14.5. The second-order valence-corrected chi connectivity index (χ2v) is 6.71. The lowest BCUT2D eigenvalue weighted by molar-refractivity contribution is 0.204. The molecule has 1 atom stereocenters. The second-order valence-electron chi connectivity index (χ2n) is 3.42. The molecule has 1 N–H and O–H groups in total. The van der Waals surface area contributed by atoms with Crippen molar-refractivity contribution in [3.05, 3.63) is 35.6 Å². The van der Waals surface area contributed by atoms with Gasteiger partial charge in [-0.2, -0.15) is 0 Å². The van der Waals surface area contributed by atoms with Gasteiger partial charge in [-0.3, -0.25) is 0 Å². The molecule has 96 valence electrons. The predicted octanol–water partition coefficient (Wildman–Crippen LogP) is 3.22. The fraction of sp³-hybridized carbons (Fsp3) is 0.273. The van der Waals surface area contributed by atoms with E-state index in [4.69, 9.17) is 0 Å². The summed E-state index contributed by atoms with van der Waals surface area (Å²) in [6, 6.07) is 5.88. The average molecular weight is 302 g/mol. The number of aliphatic hydroxyl groups excluding tert-OH is 1. The normalized spacial score (nSPS) is 12.6. The topological polar surface area (TPSA) is 46.0 Å². The first kappa shape index (κ1) is 13.8. The molecule has 0 saturated carbocycles. The third-order valence-electron chi connectivity index (χ3n) is 2.18. The lowest BCUT2D eigenvalue weighted by Gasteiger charge is -2.08. The minimum Gasteiger partial charge on any atom is -0.388 e. The molecular formula is C11H11FN2OS3. The van der Waals surface area contributed by atoms with E-state index in [1.807, 2.05) is 6.26 Å². The Morgan fingerprint density at radius 2 is 1.94 bits per heavy atom. The van der Waals surface area contributed by atoms with Gasteiger partial charge < -0.3 is 5.11 Å². The number of hydrogen-bond acceptors (Lipinski definition) is 6. The summed E-state index contributed by atoms with van der Waals surface area (Å²) in [6.07, 6.45) is 1.32. The van der Waals surface area contributed by atoms with Gasteiger partial charge in [-0.1, -0.05) is 47.0 Å². The van der Waals surface area contributed by atoms with Gasteiger partial charge in [-0.25, -0.2) is 4.39 Å². The van der Waals surface area contributed by atoms with Gasteiger partial charge >= 0.3 is 0 Å². The molecule has 0 unspecified atom stereocenters. The largest absolute Gasteiger partial charge is 0.388 e. The van der Waals surface area contributed by atoms with Crippen molar-refractivity contribution < 1.29 is 9.50 Å². The molecular weight excluding hydrogens is 291 g/mol. The van der Waals surface area contributed by atoms with Gasteiger partial charge in [0.05, 0.1) is 6.10 Å². The summed E-state index contributed by atoms with van der Waals surface area (Å²) in [4.78, 5) is 0. The highest BCUT2D eigenvalue weighted by Gasteiger charge is 2.10. The lowest BCUT2D eigenvalue weighted by Crippen LogP contribution is -2.00. The number of hydrogen-bond donors (Lipinski definition) is 1. The van der Waals surface area contributed by atoms with E-state index < -0.39 is 6.10 Å². The second kappa shape index (κ2) is 6.51. The molecule has 0 amide bonds. The fourth-order valence-electron chi connectivity index (χ4n) is 1.27. The molecule has 0 aliphatic heterocycles. The first-order valence-corrected chi connectivity index (χ1v) is 8.15. The molecule has 2 rings (SSSR count). The van der Waals surface area contributed by atoms with E-state index in [-0.39, 0.29) is 5.82 Å². The Kier molecular flexibility index (Phi) is 4.99. The zero-order valence-corrected chi connectivity index (χ0v) is 12.0. The molecule has 0 bridgehead atoms. The zero-order valence-electron chi connectivity index (χ0n) is 9.54. The van der Waals surface area contributed by atoms with Crippen molar-refractivity contribution in [2.24, 2.45) is 0 Å². The lowest BCUT2D eigenvalue weighted by atomic mass is 10.1. The zero-order chi connectivity index (χ0) is 13.0. The molecule has 0 aliphatic carbocycles. The maximum atomic E-state index is 12.7. The molecule has 2 aromatic rings. The number of nitrogens with zero attached hydrogens (tertiary/aromatic N) is 2. The quantitative estimate of drug-likeness (QED) is 0.859. The van der Waals surface area contributed by atoms with Crippen molar-refractivity contribution >= 4 is 34.9 Å². The van der Waals surface area contributed by atoms with Crippen molar-refractivity contribution in [3.8, 4) is 0 Å². The fourth-order valence-corrected chi connectivity index (χ4v) is 3.70. The number of aliphatic hydroxyl groups is 1. The minimum atomic E-state index is -0.628. The number of thioether (sulfide) groups is 2. The van der Waals surface area contributed by atoms with Crippen LogP contribution >= 0.6 is 34.9 Å². The summed E-state index contributed by atoms with van der Waals surface area (Å²) in [7, 11) is 0. The maximum absolute atomic E-state index is 12.7. The number of rotatable bonds is 5. The Bertz CT molecular complexity index is 503. The van der Waals surface area contributed by atoms with Crippen molar-refractivity contribution in [1.82, 2.24) is 10.2 Å². The Morgan fingerprint density at radius 3 is 2.56 bits per heavy atom. The first-order valence-electron chi connectivity index (χ1n) is 5.13. The van der Waals surface area contributed by atoms with Crippen LogP contribution in [0.25, 0.3) is 0 Å². The van der Waals surface area contributed by atoms with Crippen LogP contribution in [0.3, 0.4) is 0 Å². The van der Waals surface area contributed by atoms with Gasteiger partial charge in [0, 0.05) is 5.75 Å². The molecule has 0 spiro atoms. The number of halogens is 1. The van der Waals surface area contributed by atoms with Crippen LogP contribution in [-0.4, -0.2) is 27.3 Å². The van der Waals surface area contributed by atoms with Crippen LogP contribution in [0.1, 0.15) is 11.7 Å². The van der Waals surface area contributed by atoms with E-state index in [2.05, 4.69) is 10.2 Å². The van der Waals surface area contributed by atoms with E-state index in [1.54, 1.807) is 23.9 Å². The maximum Gasteiger partial charge on any atom is 0.175 e. The van der Waals surface area contributed by atoms with Crippen LogP contribution in [0, 0.1) is 5.82 Å². The van der Waals surface area contributed by atoms with Gasteiger partial charge in [0.25, 0.3) is 0 Å². The summed E-state index contributed by atoms with van der Waals surface area (Å²) in [6.45, 7) is 0. The molecule has 0 radical (unpaired) electrons. The van der Waals surface area contributed by atoms with E-state index in [0.29, 0.717) is 11.3 Å². The van der Waals surface area contributed by atoms with Gasteiger partial charge in [0.1, 0.15) is 5.82 Å². The molecule has 7 heteroatoms. The standard InChI is InChI=1S/C11H11FN2OS3/c1-16-10-13-14-11(18-10)17-6-9(15)7-2-4-8(12)5-3-7/h2-5,9,15H,6H2,1H3/t9-/m0/s1. The summed E-state index contributed by atoms with van der Waals surface area (Å²) in [5.41, 5.74) is 0.707. The molecule has 1 aromatic heterocycles. The molecule has 0 aliphatic rings. The van der Waals surface area contributed by atoms with Gasteiger partial charge in [-0.15, -0.1) is 10.2 Å². The van der Waals surface area contributed by atoms with Crippen molar-refractivity contribution in [3.63, 3.8) is 0 Å². The summed E-state index contributed by atoms with van der Waals surface area (Å²) in [5, 5.41) is 17.9. The Balaban J connectivity index is 1.91. The monoisotopic (exact) mass is 302 g/mol.